The van der Waals surface area contributed by atoms with Gasteiger partial charge in [0.15, 0.2) is 0 Å². The number of nitrogens with zero attached hydrogens (tertiary/aromatic N) is 1. The van der Waals surface area contributed by atoms with E-state index in [1.807, 2.05) is 0 Å². The highest BCUT2D eigenvalue weighted by Crippen LogP contribution is 2.15. The molecule has 0 radical (unpaired) electrons. The van der Waals surface area contributed by atoms with Crippen LogP contribution in [0.25, 0.3) is 6.08 Å². The van der Waals surface area contributed by atoms with E-state index in [9.17, 15) is 13.6 Å². The minimum Gasteiger partial charge on any atom is -0.435 e. The molecule has 0 fully saturated rings. The van der Waals surface area contributed by atoms with Crippen LogP contribution in [-0.4, -0.2) is 31.5 Å². The summed E-state index contributed by atoms with van der Waals surface area (Å²) in [7, 11) is 3.29. The van der Waals surface area contributed by atoms with Crippen molar-refractivity contribution < 1.29 is 18.3 Å². The lowest BCUT2D eigenvalue weighted by Gasteiger charge is -2.05. The van der Waals surface area contributed by atoms with Crippen molar-refractivity contribution in [1.82, 2.24) is 4.90 Å². The van der Waals surface area contributed by atoms with Crippen molar-refractivity contribution in [2.75, 3.05) is 14.1 Å². The fourth-order valence-electron chi connectivity index (χ4n) is 1.08. The van der Waals surface area contributed by atoms with Crippen LogP contribution in [0, 0.1) is 0 Å². The third kappa shape index (κ3) is 4.63. The number of rotatable bonds is 4. The number of halogens is 2. The van der Waals surface area contributed by atoms with Crippen molar-refractivity contribution in [2.24, 2.45) is 0 Å². The average Bonchev–Trinajstić information content (AvgIpc) is 2.26. The highest BCUT2D eigenvalue weighted by atomic mass is 19.3. The molecule has 0 aliphatic carbocycles. The minimum absolute atomic E-state index is 0.0936. The van der Waals surface area contributed by atoms with Gasteiger partial charge in [-0.05, 0) is 23.8 Å². The number of alkyl halides is 2. The lowest BCUT2D eigenvalue weighted by Crippen LogP contribution is -2.18. The van der Waals surface area contributed by atoms with Crippen molar-refractivity contribution in [3.8, 4) is 5.75 Å². The third-order valence-electron chi connectivity index (χ3n) is 1.96. The van der Waals surface area contributed by atoms with Gasteiger partial charge in [-0.1, -0.05) is 12.1 Å². The van der Waals surface area contributed by atoms with Gasteiger partial charge in [0.2, 0.25) is 5.91 Å². The Hall–Kier alpha value is -1.91. The minimum atomic E-state index is -2.83. The summed E-state index contributed by atoms with van der Waals surface area (Å²) in [4.78, 5) is 12.7. The second-order valence-corrected chi connectivity index (χ2v) is 3.51. The topological polar surface area (TPSA) is 29.5 Å². The van der Waals surface area contributed by atoms with Crippen LogP contribution in [0.5, 0.6) is 5.75 Å². The summed E-state index contributed by atoms with van der Waals surface area (Å²) in [5.41, 5.74) is 0.738. The first-order chi connectivity index (χ1) is 7.99. The molecule has 0 aromatic heterocycles. The molecular formula is C12H13F2NO2. The molecule has 0 N–H and O–H groups in total. The summed E-state index contributed by atoms with van der Waals surface area (Å²) in [5, 5.41) is 0. The van der Waals surface area contributed by atoms with Crippen LogP contribution in [0.1, 0.15) is 5.56 Å². The first kappa shape index (κ1) is 13.2. The van der Waals surface area contributed by atoms with Gasteiger partial charge in [-0.25, -0.2) is 0 Å². The van der Waals surface area contributed by atoms with E-state index in [1.165, 1.54) is 23.1 Å². The Morgan fingerprint density at radius 3 is 2.35 bits per heavy atom. The SMILES string of the molecule is CN(C)C(=O)C=Cc1ccc(OC(F)F)cc1. The maximum absolute atomic E-state index is 11.9. The molecule has 0 bridgehead atoms. The van der Waals surface area contributed by atoms with E-state index in [-0.39, 0.29) is 11.7 Å². The van der Waals surface area contributed by atoms with Gasteiger partial charge < -0.3 is 9.64 Å². The highest BCUT2D eigenvalue weighted by molar-refractivity contribution is 5.91. The Balaban J connectivity index is 2.65. The second kappa shape index (κ2) is 5.98. The van der Waals surface area contributed by atoms with Crippen LogP contribution < -0.4 is 4.74 Å². The summed E-state index contributed by atoms with van der Waals surface area (Å²) in [5.74, 6) is -0.0472. The van der Waals surface area contributed by atoms with Crippen molar-refractivity contribution in [3.63, 3.8) is 0 Å². The zero-order chi connectivity index (χ0) is 12.8. The molecule has 0 atom stereocenters. The van der Waals surface area contributed by atoms with E-state index in [0.29, 0.717) is 0 Å². The molecule has 17 heavy (non-hydrogen) atoms. The molecule has 0 heterocycles. The Morgan fingerprint density at radius 1 is 1.29 bits per heavy atom. The molecular weight excluding hydrogens is 228 g/mol. The normalized spacial score (nSPS) is 10.9. The number of hydrogen-bond acceptors (Lipinski definition) is 2. The first-order valence-corrected chi connectivity index (χ1v) is 4.93. The van der Waals surface area contributed by atoms with Gasteiger partial charge in [0, 0.05) is 20.2 Å². The fraction of sp³-hybridized carbons (Fsp3) is 0.250. The van der Waals surface area contributed by atoms with Crippen LogP contribution in [0.15, 0.2) is 30.3 Å². The molecule has 1 aromatic rings. The van der Waals surface area contributed by atoms with Crippen LogP contribution in [-0.2, 0) is 4.79 Å². The lowest BCUT2D eigenvalue weighted by molar-refractivity contribution is -0.123. The molecule has 0 unspecified atom stereocenters. The summed E-state index contributed by atoms with van der Waals surface area (Å²) >= 11 is 0. The molecule has 3 nitrogen and oxygen atoms in total. The molecule has 0 saturated heterocycles. The summed E-state index contributed by atoms with van der Waals surface area (Å²) in [6, 6.07) is 6.03. The monoisotopic (exact) mass is 241 g/mol. The van der Waals surface area contributed by atoms with Crippen molar-refractivity contribution in [2.45, 2.75) is 6.61 Å². The Bertz CT molecular complexity index is 399. The van der Waals surface area contributed by atoms with E-state index < -0.39 is 6.61 Å². The number of hydrogen-bond donors (Lipinski definition) is 0. The second-order valence-electron chi connectivity index (χ2n) is 3.51. The third-order valence-corrected chi connectivity index (χ3v) is 1.96. The molecule has 1 rings (SSSR count). The summed E-state index contributed by atoms with van der Waals surface area (Å²) in [6.07, 6.45) is 3.01. The van der Waals surface area contributed by atoms with Crippen molar-refractivity contribution >= 4 is 12.0 Å². The van der Waals surface area contributed by atoms with Crippen molar-refractivity contribution in [1.29, 1.82) is 0 Å². The predicted molar refractivity (Wildman–Crippen MR) is 60.8 cm³/mol. The van der Waals surface area contributed by atoms with Gasteiger partial charge in [-0.3, -0.25) is 4.79 Å². The van der Waals surface area contributed by atoms with E-state index >= 15 is 0 Å². The standard InChI is InChI=1S/C12H13F2NO2/c1-15(2)11(16)8-5-9-3-6-10(7-4-9)17-12(13)14/h3-8,12H,1-2H3. The number of amides is 1. The average molecular weight is 241 g/mol. The Kier molecular flexibility index (Phi) is 4.63. The fourth-order valence-corrected chi connectivity index (χ4v) is 1.08. The van der Waals surface area contributed by atoms with Gasteiger partial charge in [0.25, 0.3) is 0 Å². The molecule has 0 aliphatic heterocycles. The number of benzene rings is 1. The highest BCUT2D eigenvalue weighted by Gasteiger charge is 2.03. The molecule has 1 aromatic carbocycles. The van der Waals surface area contributed by atoms with Crippen LogP contribution >= 0.6 is 0 Å². The lowest BCUT2D eigenvalue weighted by atomic mass is 10.2. The molecule has 92 valence electrons. The van der Waals surface area contributed by atoms with Crippen molar-refractivity contribution in [3.05, 3.63) is 35.9 Å². The van der Waals surface area contributed by atoms with Gasteiger partial charge in [0.05, 0.1) is 0 Å². The zero-order valence-corrected chi connectivity index (χ0v) is 9.56. The van der Waals surface area contributed by atoms with Crippen LogP contribution in [0.3, 0.4) is 0 Å². The Labute approximate surface area is 98.3 Å². The van der Waals surface area contributed by atoms with Gasteiger partial charge in [-0.15, -0.1) is 0 Å². The van der Waals surface area contributed by atoms with Gasteiger partial charge in [0.1, 0.15) is 5.75 Å². The maximum Gasteiger partial charge on any atom is 0.387 e. The molecule has 1 amide bonds. The number of carbonyl (C=O) groups is 1. The predicted octanol–water partition coefficient (Wildman–Crippen LogP) is 2.39. The van der Waals surface area contributed by atoms with E-state index in [0.717, 1.165) is 5.56 Å². The summed E-state index contributed by atoms with van der Waals surface area (Å²) in [6.45, 7) is -2.83. The maximum atomic E-state index is 11.9. The number of likely N-dealkylation sites (N-methyl/N-ethyl adjacent to an activating group) is 1. The smallest absolute Gasteiger partial charge is 0.387 e. The molecule has 0 saturated carbocycles. The molecule has 5 heteroatoms. The number of ether oxygens (including phenoxy) is 1. The van der Waals surface area contributed by atoms with Gasteiger partial charge >= 0.3 is 6.61 Å². The number of carbonyl (C=O) groups excluding carboxylic acids is 1. The van der Waals surface area contributed by atoms with E-state index in [4.69, 9.17) is 0 Å². The van der Waals surface area contributed by atoms with Crippen LogP contribution in [0.2, 0.25) is 0 Å². The largest absolute Gasteiger partial charge is 0.435 e. The molecule has 0 spiro atoms. The summed E-state index contributed by atoms with van der Waals surface area (Å²) < 4.78 is 28.0. The van der Waals surface area contributed by atoms with E-state index in [1.54, 1.807) is 32.3 Å². The molecule has 0 aliphatic rings. The quantitative estimate of drug-likeness (QED) is 0.757. The Morgan fingerprint density at radius 2 is 1.88 bits per heavy atom. The first-order valence-electron chi connectivity index (χ1n) is 4.93. The van der Waals surface area contributed by atoms with Crippen LogP contribution in [0.4, 0.5) is 8.78 Å². The van der Waals surface area contributed by atoms with Gasteiger partial charge in [-0.2, -0.15) is 8.78 Å². The van der Waals surface area contributed by atoms with E-state index in [2.05, 4.69) is 4.74 Å². The zero-order valence-electron chi connectivity index (χ0n) is 9.56.